The summed E-state index contributed by atoms with van der Waals surface area (Å²) in [6.07, 6.45) is 5.89. The Kier molecular flexibility index (Phi) is 2.86. The van der Waals surface area contributed by atoms with Crippen LogP contribution in [0.3, 0.4) is 0 Å². The normalized spacial score (nSPS) is 13.6. The van der Waals surface area contributed by atoms with Crippen LogP contribution in [0.2, 0.25) is 0 Å². The Morgan fingerprint density at radius 1 is 1.12 bits per heavy atom. The number of hydrogen-bond acceptors (Lipinski definition) is 1. The van der Waals surface area contributed by atoms with Gasteiger partial charge in [-0.1, -0.05) is 37.6 Å². The standard InChI is InChI=1S/C16H16S/c1-2-5-15-8-9-16(17-15)14-10-12-6-3-4-7-13(12)11-14/h3-4,6-10H,2,5,11H2,1H3. The molecule has 0 saturated carbocycles. The first-order chi connectivity index (χ1) is 8.36. The molecule has 0 saturated heterocycles. The molecule has 86 valence electrons. The Morgan fingerprint density at radius 3 is 2.82 bits per heavy atom. The lowest BCUT2D eigenvalue weighted by molar-refractivity contribution is 0.940. The first kappa shape index (κ1) is 10.8. The van der Waals surface area contributed by atoms with Crippen LogP contribution in [-0.4, -0.2) is 0 Å². The molecule has 0 spiro atoms. The second-order valence-electron chi connectivity index (χ2n) is 4.56. The lowest BCUT2D eigenvalue weighted by Gasteiger charge is -1.97. The third-order valence-electron chi connectivity index (χ3n) is 3.24. The summed E-state index contributed by atoms with van der Waals surface area (Å²) in [6, 6.07) is 13.3. The summed E-state index contributed by atoms with van der Waals surface area (Å²) in [5.41, 5.74) is 4.35. The van der Waals surface area contributed by atoms with Crippen molar-refractivity contribution in [3.05, 3.63) is 57.3 Å². The molecule has 1 heteroatoms. The van der Waals surface area contributed by atoms with E-state index in [2.05, 4.69) is 49.4 Å². The van der Waals surface area contributed by atoms with Crippen molar-refractivity contribution in [3.8, 4) is 0 Å². The average molecular weight is 240 g/mol. The van der Waals surface area contributed by atoms with Crippen molar-refractivity contribution in [2.75, 3.05) is 0 Å². The van der Waals surface area contributed by atoms with E-state index in [-0.39, 0.29) is 0 Å². The Labute approximate surface area is 107 Å². The fraction of sp³-hybridized carbons (Fsp3) is 0.250. The number of aryl methyl sites for hydroxylation is 1. The van der Waals surface area contributed by atoms with Crippen LogP contribution in [0.5, 0.6) is 0 Å². The van der Waals surface area contributed by atoms with Gasteiger partial charge in [0, 0.05) is 9.75 Å². The van der Waals surface area contributed by atoms with E-state index >= 15 is 0 Å². The first-order valence-corrected chi connectivity index (χ1v) is 7.06. The zero-order valence-electron chi connectivity index (χ0n) is 10.1. The minimum absolute atomic E-state index is 1.10. The topological polar surface area (TPSA) is 0 Å². The van der Waals surface area contributed by atoms with Gasteiger partial charge in [-0.3, -0.25) is 0 Å². The number of rotatable bonds is 3. The SMILES string of the molecule is CCCc1ccc(C2=Cc3ccccc3C2)s1. The lowest BCUT2D eigenvalue weighted by Crippen LogP contribution is -1.81. The molecular weight excluding hydrogens is 224 g/mol. The monoisotopic (exact) mass is 240 g/mol. The molecule has 0 radical (unpaired) electrons. The molecule has 0 bridgehead atoms. The predicted molar refractivity (Wildman–Crippen MR) is 76.3 cm³/mol. The van der Waals surface area contributed by atoms with Crippen LogP contribution < -0.4 is 0 Å². The summed E-state index contributed by atoms with van der Waals surface area (Å²) in [7, 11) is 0. The maximum absolute atomic E-state index is 2.34. The second kappa shape index (κ2) is 4.50. The summed E-state index contributed by atoms with van der Waals surface area (Å²) in [5, 5.41) is 0. The van der Waals surface area contributed by atoms with Gasteiger partial charge in [0.25, 0.3) is 0 Å². The number of benzene rings is 1. The Hall–Kier alpha value is -1.34. The molecule has 0 aliphatic heterocycles. The van der Waals surface area contributed by atoms with Gasteiger partial charge in [0.05, 0.1) is 0 Å². The van der Waals surface area contributed by atoms with Crippen molar-refractivity contribution in [2.24, 2.45) is 0 Å². The van der Waals surface area contributed by atoms with Crippen LogP contribution in [-0.2, 0) is 12.8 Å². The number of thiophene rings is 1. The van der Waals surface area contributed by atoms with Crippen molar-refractivity contribution >= 4 is 23.0 Å². The maximum Gasteiger partial charge on any atom is 0.0308 e. The summed E-state index contributed by atoms with van der Waals surface area (Å²) in [5.74, 6) is 0. The van der Waals surface area contributed by atoms with Crippen LogP contribution in [0.4, 0.5) is 0 Å². The van der Waals surface area contributed by atoms with E-state index in [1.807, 2.05) is 11.3 Å². The maximum atomic E-state index is 2.34. The molecule has 0 atom stereocenters. The summed E-state index contributed by atoms with van der Waals surface area (Å²) >= 11 is 1.96. The van der Waals surface area contributed by atoms with Crippen molar-refractivity contribution in [2.45, 2.75) is 26.2 Å². The molecular formula is C16H16S. The number of hydrogen-bond donors (Lipinski definition) is 0. The highest BCUT2D eigenvalue weighted by Gasteiger charge is 2.14. The molecule has 1 heterocycles. The fourth-order valence-corrected chi connectivity index (χ4v) is 3.49. The fourth-order valence-electron chi connectivity index (χ4n) is 2.37. The Bertz CT molecular complexity index is 560. The molecule has 1 aromatic heterocycles. The smallest absolute Gasteiger partial charge is 0.0308 e. The molecule has 1 aliphatic rings. The van der Waals surface area contributed by atoms with E-state index in [1.54, 1.807) is 0 Å². The third kappa shape index (κ3) is 2.07. The van der Waals surface area contributed by atoms with E-state index in [0.29, 0.717) is 0 Å². The van der Waals surface area contributed by atoms with Gasteiger partial charge in [-0.05, 0) is 47.8 Å². The van der Waals surface area contributed by atoms with E-state index in [0.717, 1.165) is 6.42 Å². The minimum Gasteiger partial charge on any atom is -0.141 e. The van der Waals surface area contributed by atoms with Crippen molar-refractivity contribution < 1.29 is 0 Å². The van der Waals surface area contributed by atoms with Gasteiger partial charge in [-0.2, -0.15) is 0 Å². The van der Waals surface area contributed by atoms with Gasteiger partial charge >= 0.3 is 0 Å². The van der Waals surface area contributed by atoms with E-state index in [9.17, 15) is 0 Å². The highest BCUT2D eigenvalue weighted by molar-refractivity contribution is 7.13. The van der Waals surface area contributed by atoms with Gasteiger partial charge in [0.1, 0.15) is 0 Å². The van der Waals surface area contributed by atoms with Gasteiger partial charge in [-0.15, -0.1) is 11.3 Å². The number of allylic oxidation sites excluding steroid dienone is 1. The van der Waals surface area contributed by atoms with Crippen LogP contribution in [0.25, 0.3) is 11.6 Å². The quantitative estimate of drug-likeness (QED) is 0.723. The molecule has 1 aliphatic carbocycles. The van der Waals surface area contributed by atoms with Gasteiger partial charge in [-0.25, -0.2) is 0 Å². The summed E-state index contributed by atoms with van der Waals surface area (Å²) in [6.45, 7) is 2.24. The zero-order chi connectivity index (χ0) is 11.7. The van der Waals surface area contributed by atoms with Crippen LogP contribution in [0, 0.1) is 0 Å². The highest BCUT2D eigenvalue weighted by Crippen LogP contribution is 2.34. The highest BCUT2D eigenvalue weighted by atomic mass is 32.1. The molecule has 0 amide bonds. The van der Waals surface area contributed by atoms with Crippen LogP contribution >= 0.6 is 11.3 Å². The molecule has 0 fully saturated rings. The van der Waals surface area contributed by atoms with Gasteiger partial charge in [0.2, 0.25) is 0 Å². The molecule has 0 nitrogen and oxygen atoms in total. The zero-order valence-corrected chi connectivity index (χ0v) is 10.9. The van der Waals surface area contributed by atoms with Crippen molar-refractivity contribution in [3.63, 3.8) is 0 Å². The average Bonchev–Trinajstić information content (AvgIpc) is 2.94. The molecule has 17 heavy (non-hydrogen) atoms. The molecule has 3 rings (SSSR count). The van der Waals surface area contributed by atoms with Gasteiger partial charge < -0.3 is 0 Å². The minimum atomic E-state index is 1.10. The number of fused-ring (bicyclic) bond motifs is 1. The van der Waals surface area contributed by atoms with E-state index in [4.69, 9.17) is 0 Å². The predicted octanol–water partition coefficient (Wildman–Crippen LogP) is 4.80. The molecule has 1 aromatic carbocycles. The first-order valence-electron chi connectivity index (χ1n) is 6.24. The Morgan fingerprint density at radius 2 is 2.00 bits per heavy atom. The summed E-state index contributed by atoms with van der Waals surface area (Å²) in [4.78, 5) is 2.96. The molecule has 0 N–H and O–H groups in total. The van der Waals surface area contributed by atoms with Crippen molar-refractivity contribution in [1.82, 2.24) is 0 Å². The Balaban J connectivity index is 1.87. The molecule has 2 aromatic rings. The van der Waals surface area contributed by atoms with E-state index < -0.39 is 0 Å². The lowest BCUT2D eigenvalue weighted by atomic mass is 10.1. The van der Waals surface area contributed by atoms with Crippen LogP contribution in [0.1, 0.15) is 34.2 Å². The largest absolute Gasteiger partial charge is 0.141 e. The summed E-state index contributed by atoms with van der Waals surface area (Å²) < 4.78 is 0. The van der Waals surface area contributed by atoms with E-state index in [1.165, 1.54) is 39.3 Å². The van der Waals surface area contributed by atoms with Gasteiger partial charge in [0.15, 0.2) is 0 Å². The van der Waals surface area contributed by atoms with Crippen LogP contribution in [0.15, 0.2) is 36.4 Å². The molecule has 0 unspecified atom stereocenters. The third-order valence-corrected chi connectivity index (χ3v) is 4.46. The van der Waals surface area contributed by atoms with Crippen molar-refractivity contribution in [1.29, 1.82) is 0 Å². The second-order valence-corrected chi connectivity index (χ2v) is 5.73.